The summed E-state index contributed by atoms with van der Waals surface area (Å²) in [6.45, 7) is 9.79. The maximum atomic E-state index is 5.94. The fourth-order valence-electron chi connectivity index (χ4n) is 2.33. The van der Waals surface area contributed by atoms with Gasteiger partial charge >= 0.3 is 0 Å². The lowest BCUT2D eigenvalue weighted by atomic mass is 9.87. The molecule has 1 aliphatic heterocycles. The second kappa shape index (κ2) is 7.16. The Labute approximate surface area is 123 Å². The molecular formula is C16H26ClNO. The molecule has 1 saturated heterocycles. The van der Waals surface area contributed by atoms with Crippen LogP contribution in [0.4, 0.5) is 0 Å². The predicted molar refractivity (Wildman–Crippen MR) is 83.5 cm³/mol. The van der Waals surface area contributed by atoms with Gasteiger partial charge in [0.05, 0.1) is 6.61 Å². The zero-order valence-corrected chi connectivity index (χ0v) is 13.1. The SMILES string of the molecule is CC(C)(C)c1cccc(OCC2CCCNC2)c1.Cl. The van der Waals surface area contributed by atoms with E-state index in [4.69, 9.17) is 4.74 Å². The highest BCUT2D eigenvalue weighted by Crippen LogP contribution is 2.26. The Morgan fingerprint density at radius 3 is 2.74 bits per heavy atom. The van der Waals surface area contributed by atoms with E-state index in [0.717, 1.165) is 25.4 Å². The van der Waals surface area contributed by atoms with Crippen LogP contribution in [0.3, 0.4) is 0 Å². The van der Waals surface area contributed by atoms with Crippen molar-refractivity contribution in [2.75, 3.05) is 19.7 Å². The van der Waals surface area contributed by atoms with E-state index in [1.54, 1.807) is 0 Å². The van der Waals surface area contributed by atoms with Crippen molar-refractivity contribution in [2.45, 2.75) is 39.0 Å². The minimum absolute atomic E-state index is 0. The smallest absolute Gasteiger partial charge is 0.119 e. The average molecular weight is 284 g/mol. The molecule has 0 bridgehead atoms. The summed E-state index contributed by atoms with van der Waals surface area (Å²) in [4.78, 5) is 0. The molecule has 1 aromatic carbocycles. The highest BCUT2D eigenvalue weighted by molar-refractivity contribution is 5.85. The van der Waals surface area contributed by atoms with Crippen LogP contribution in [0, 0.1) is 5.92 Å². The van der Waals surface area contributed by atoms with Gasteiger partial charge in [-0.1, -0.05) is 32.9 Å². The van der Waals surface area contributed by atoms with E-state index in [2.05, 4.69) is 50.4 Å². The van der Waals surface area contributed by atoms with Crippen LogP contribution in [-0.2, 0) is 5.41 Å². The normalized spacial score (nSPS) is 19.6. The van der Waals surface area contributed by atoms with Crippen molar-refractivity contribution in [3.8, 4) is 5.75 Å². The van der Waals surface area contributed by atoms with Gasteiger partial charge in [0, 0.05) is 12.5 Å². The molecule has 0 saturated carbocycles. The molecule has 108 valence electrons. The van der Waals surface area contributed by atoms with Crippen molar-refractivity contribution in [1.82, 2.24) is 5.32 Å². The number of benzene rings is 1. The summed E-state index contributed by atoms with van der Waals surface area (Å²) in [7, 11) is 0. The summed E-state index contributed by atoms with van der Waals surface area (Å²) >= 11 is 0. The molecule has 1 fully saturated rings. The molecule has 1 unspecified atom stereocenters. The maximum absolute atomic E-state index is 5.94. The fraction of sp³-hybridized carbons (Fsp3) is 0.625. The summed E-state index contributed by atoms with van der Waals surface area (Å²) in [5, 5.41) is 3.43. The van der Waals surface area contributed by atoms with Gasteiger partial charge in [-0.05, 0) is 42.5 Å². The molecule has 1 aliphatic rings. The van der Waals surface area contributed by atoms with E-state index < -0.39 is 0 Å². The van der Waals surface area contributed by atoms with E-state index in [-0.39, 0.29) is 17.8 Å². The van der Waals surface area contributed by atoms with E-state index >= 15 is 0 Å². The van der Waals surface area contributed by atoms with Crippen molar-refractivity contribution in [1.29, 1.82) is 0 Å². The molecule has 3 heteroatoms. The molecule has 1 aromatic rings. The number of hydrogen-bond donors (Lipinski definition) is 1. The molecule has 19 heavy (non-hydrogen) atoms. The van der Waals surface area contributed by atoms with Crippen LogP contribution in [0.15, 0.2) is 24.3 Å². The van der Waals surface area contributed by atoms with Crippen molar-refractivity contribution in [3.63, 3.8) is 0 Å². The molecule has 0 radical (unpaired) electrons. The van der Waals surface area contributed by atoms with Gasteiger partial charge in [0.1, 0.15) is 5.75 Å². The lowest BCUT2D eigenvalue weighted by molar-refractivity contribution is 0.218. The summed E-state index contributed by atoms with van der Waals surface area (Å²) in [6, 6.07) is 8.51. The number of piperidine rings is 1. The Morgan fingerprint density at radius 2 is 2.11 bits per heavy atom. The number of rotatable bonds is 3. The fourth-order valence-corrected chi connectivity index (χ4v) is 2.33. The second-order valence-electron chi connectivity index (χ2n) is 6.30. The second-order valence-corrected chi connectivity index (χ2v) is 6.30. The first-order valence-corrected chi connectivity index (χ1v) is 7.00. The van der Waals surface area contributed by atoms with Gasteiger partial charge in [-0.3, -0.25) is 0 Å². The average Bonchev–Trinajstić information content (AvgIpc) is 2.37. The molecule has 0 amide bonds. The van der Waals surface area contributed by atoms with Gasteiger partial charge in [-0.15, -0.1) is 12.4 Å². The van der Waals surface area contributed by atoms with Crippen LogP contribution < -0.4 is 10.1 Å². The van der Waals surface area contributed by atoms with Crippen LogP contribution in [0.5, 0.6) is 5.75 Å². The number of halogens is 1. The van der Waals surface area contributed by atoms with Crippen molar-refractivity contribution in [2.24, 2.45) is 5.92 Å². The van der Waals surface area contributed by atoms with Gasteiger partial charge in [0.15, 0.2) is 0 Å². The van der Waals surface area contributed by atoms with E-state index in [1.165, 1.54) is 18.4 Å². The molecular weight excluding hydrogens is 258 g/mol. The Balaban J connectivity index is 0.00000180. The van der Waals surface area contributed by atoms with Crippen LogP contribution >= 0.6 is 12.4 Å². The van der Waals surface area contributed by atoms with E-state index in [9.17, 15) is 0 Å². The van der Waals surface area contributed by atoms with Gasteiger partial charge in [-0.2, -0.15) is 0 Å². The van der Waals surface area contributed by atoms with Gasteiger partial charge < -0.3 is 10.1 Å². The van der Waals surface area contributed by atoms with E-state index in [1.807, 2.05) is 0 Å². The van der Waals surface area contributed by atoms with Crippen molar-refractivity contribution in [3.05, 3.63) is 29.8 Å². The molecule has 2 nitrogen and oxygen atoms in total. The summed E-state index contributed by atoms with van der Waals surface area (Å²) in [6.07, 6.45) is 2.56. The van der Waals surface area contributed by atoms with Crippen LogP contribution in [0.1, 0.15) is 39.2 Å². The molecule has 0 aliphatic carbocycles. The molecule has 0 aromatic heterocycles. The Morgan fingerprint density at radius 1 is 1.32 bits per heavy atom. The Kier molecular flexibility index (Phi) is 6.15. The predicted octanol–water partition coefficient (Wildman–Crippen LogP) is 3.78. The third kappa shape index (κ3) is 5.04. The largest absolute Gasteiger partial charge is 0.493 e. The molecule has 1 heterocycles. The minimum atomic E-state index is 0. The monoisotopic (exact) mass is 283 g/mol. The summed E-state index contributed by atoms with van der Waals surface area (Å²) in [5.41, 5.74) is 1.52. The van der Waals surface area contributed by atoms with E-state index in [0.29, 0.717) is 5.92 Å². The molecule has 0 spiro atoms. The maximum Gasteiger partial charge on any atom is 0.119 e. The highest BCUT2D eigenvalue weighted by Gasteiger charge is 2.16. The minimum Gasteiger partial charge on any atom is -0.493 e. The highest BCUT2D eigenvalue weighted by atomic mass is 35.5. The molecule has 1 atom stereocenters. The third-order valence-corrected chi connectivity index (χ3v) is 3.58. The molecule has 2 rings (SSSR count). The van der Waals surface area contributed by atoms with Gasteiger partial charge in [0.25, 0.3) is 0 Å². The van der Waals surface area contributed by atoms with Crippen LogP contribution in [-0.4, -0.2) is 19.7 Å². The topological polar surface area (TPSA) is 21.3 Å². The Bertz CT molecular complexity index is 381. The quantitative estimate of drug-likeness (QED) is 0.911. The standard InChI is InChI=1S/C16H25NO.ClH/c1-16(2,3)14-7-4-8-15(10-14)18-12-13-6-5-9-17-11-13;/h4,7-8,10,13,17H,5-6,9,11-12H2,1-3H3;1H. The first-order chi connectivity index (χ1) is 8.55. The van der Waals surface area contributed by atoms with Gasteiger partial charge in [0.2, 0.25) is 0 Å². The first-order valence-electron chi connectivity index (χ1n) is 7.00. The summed E-state index contributed by atoms with van der Waals surface area (Å²) in [5.74, 6) is 1.67. The third-order valence-electron chi connectivity index (χ3n) is 3.58. The first kappa shape index (κ1) is 16.3. The number of ether oxygens (including phenoxy) is 1. The lowest BCUT2D eigenvalue weighted by Gasteiger charge is -2.24. The zero-order valence-electron chi connectivity index (χ0n) is 12.2. The Hall–Kier alpha value is -0.730. The van der Waals surface area contributed by atoms with Crippen LogP contribution in [0.2, 0.25) is 0 Å². The summed E-state index contributed by atoms with van der Waals surface area (Å²) < 4.78 is 5.94. The van der Waals surface area contributed by atoms with Crippen molar-refractivity contribution < 1.29 is 4.74 Å². The van der Waals surface area contributed by atoms with Gasteiger partial charge in [-0.25, -0.2) is 0 Å². The number of nitrogens with one attached hydrogen (secondary N) is 1. The zero-order chi connectivity index (χ0) is 13.0. The van der Waals surface area contributed by atoms with Crippen molar-refractivity contribution >= 4 is 12.4 Å². The lowest BCUT2D eigenvalue weighted by Crippen LogP contribution is -2.33. The number of hydrogen-bond acceptors (Lipinski definition) is 2. The van der Waals surface area contributed by atoms with Crippen LogP contribution in [0.25, 0.3) is 0 Å². The molecule has 1 N–H and O–H groups in total.